The molecule has 0 aliphatic carbocycles. The van der Waals surface area contributed by atoms with Gasteiger partial charge in [-0.25, -0.2) is 8.42 Å². The molecule has 0 radical (unpaired) electrons. The van der Waals surface area contributed by atoms with Gasteiger partial charge >= 0.3 is 0 Å². The van der Waals surface area contributed by atoms with Crippen LogP contribution in [0.2, 0.25) is 0 Å². The van der Waals surface area contributed by atoms with Crippen LogP contribution in [0.3, 0.4) is 0 Å². The third-order valence-electron chi connectivity index (χ3n) is 3.91. The Kier molecular flexibility index (Phi) is 4.53. The first-order valence-corrected chi connectivity index (χ1v) is 8.17. The van der Waals surface area contributed by atoms with Gasteiger partial charge in [-0.3, -0.25) is 0 Å². The number of hydrogen-bond donors (Lipinski definition) is 1. The molecular formula is C13H22N2O4S. The van der Waals surface area contributed by atoms with Gasteiger partial charge in [0, 0.05) is 25.7 Å². The van der Waals surface area contributed by atoms with Crippen molar-refractivity contribution in [1.82, 2.24) is 9.21 Å². The standard InChI is InChI=1S/C13H22N2O4S/c1-10-13(7-12(9-16)19-10)20(17,18)15(3)8-11-5-4-6-14(11)2/h7,11,16H,4-6,8-9H2,1-3H3. The molecule has 114 valence electrons. The number of nitrogens with zero attached hydrogens (tertiary/aromatic N) is 2. The summed E-state index contributed by atoms with van der Waals surface area (Å²) in [7, 11) is 0.0408. The van der Waals surface area contributed by atoms with E-state index in [2.05, 4.69) is 4.90 Å². The first-order chi connectivity index (χ1) is 9.36. The number of sulfonamides is 1. The molecule has 1 aromatic rings. The number of rotatable bonds is 5. The zero-order valence-corrected chi connectivity index (χ0v) is 13.0. The number of likely N-dealkylation sites (N-methyl/N-ethyl adjacent to an activating group) is 2. The van der Waals surface area contributed by atoms with Crippen molar-refractivity contribution < 1.29 is 17.9 Å². The van der Waals surface area contributed by atoms with E-state index in [1.54, 1.807) is 14.0 Å². The summed E-state index contributed by atoms with van der Waals surface area (Å²) in [6.07, 6.45) is 2.12. The second kappa shape index (κ2) is 5.85. The summed E-state index contributed by atoms with van der Waals surface area (Å²) in [5, 5.41) is 9.04. The Labute approximate surface area is 120 Å². The lowest BCUT2D eigenvalue weighted by molar-refractivity contribution is 0.244. The van der Waals surface area contributed by atoms with E-state index in [-0.39, 0.29) is 23.3 Å². The van der Waals surface area contributed by atoms with E-state index >= 15 is 0 Å². The highest BCUT2D eigenvalue weighted by atomic mass is 32.2. The predicted octanol–water partition coefficient (Wildman–Crippen LogP) is 0.795. The third kappa shape index (κ3) is 2.90. The highest BCUT2D eigenvalue weighted by Gasteiger charge is 2.30. The van der Waals surface area contributed by atoms with E-state index in [1.165, 1.54) is 10.4 Å². The highest BCUT2D eigenvalue weighted by molar-refractivity contribution is 7.89. The number of aliphatic hydroxyl groups is 1. The van der Waals surface area contributed by atoms with Crippen molar-refractivity contribution in [3.63, 3.8) is 0 Å². The van der Waals surface area contributed by atoms with Crippen molar-refractivity contribution in [3.05, 3.63) is 17.6 Å². The Hall–Kier alpha value is -0.890. The minimum absolute atomic E-state index is 0.143. The first kappa shape index (κ1) is 15.5. The van der Waals surface area contributed by atoms with Crippen LogP contribution in [-0.4, -0.2) is 56.0 Å². The van der Waals surface area contributed by atoms with E-state index < -0.39 is 10.0 Å². The summed E-state index contributed by atoms with van der Waals surface area (Å²) in [5.74, 6) is 0.591. The summed E-state index contributed by atoms with van der Waals surface area (Å²) in [6.45, 7) is 2.78. The van der Waals surface area contributed by atoms with Crippen LogP contribution in [0.5, 0.6) is 0 Å². The molecule has 0 aromatic carbocycles. The van der Waals surface area contributed by atoms with Crippen LogP contribution >= 0.6 is 0 Å². The van der Waals surface area contributed by atoms with Gasteiger partial charge in [-0.1, -0.05) is 0 Å². The normalized spacial score (nSPS) is 20.9. The zero-order chi connectivity index (χ0) is 14.9. The van der Waals surface area contributed by atoms with Gasteiger partial charge < -0.3 is 14.4 Å². The molecule has 0 bridgehead atoms. The van der Waals surface area contributed by atoms with Crippen molar-refractivity contribution in [2.75, 3.05) is 27.2 Å². The molecule has 2 heterocycles. The van der Waals surface area contributed by atoms with Gasteiger partial charge in [-0.05, 0) is 33.4 Å². The molecule has 20 heavy (non-hydrogen) atoms. The quantitative estimate of drug-likeness (QED) is 0.870. The molecule has 1 unspecified atom stereocenters. The van der Waals surface area contributed by atoms with E-state index in [0.717, 1.165) is 19.4 Å². The van der Waals surface area contributed by atoms with Crippen molar-refractivity contribution in [1.29, 1.82) is 0 Å². The SMILES string of the molecule is Cc1oc(CO)cc1S(=O)(=O)N(C)CC1CCCN1C. The van der Waals surface area contributed by atoms with Gasteiger partial charge in [0.2, 0.25) is 10.0 Å². The average Bonchev–Trinajstić information content (AvgIpc) is 2.96. The summed E-state index contributed by atoms with van der Waals surface area (Å²) >= 11 is 0. The van der Waals surface area contributed by atoms with Crippen LogP contribution < -0.4 is 0 Å². The maximum absolute atomic E-state index is 12.5. The van der Waals surface area contributed by atoms with E-state index in [0.29, 0.717) is 12.3 Å². The Morgan fingerprint density at radius 3 is 2.75 bits per heavy atom. The molecule has 0 saturated carbocycles. The van der Waals surface area contributed by atoms with Crippen LogP contribution in [0.25, 0.3) is 0 Å². The molecule has 1 fully saturated rings. The lowest BCUT2D eigenvalue weighted by Crippen LogP contribution is -2.39. The van der Waals surface area contributed by atoms with Gasteiger partial charge in [0.25, 0.3) is 0 Å². The second-order valence-corrected chi connectivity index (χ2v) is 7.37. The van der Waals surface area contributed by atoms with Gasteiger partial charge in [-0.2, -0.15) is 4.31 Å². The molecule has 0 spiro atoms. The maximum atomic E-state index is 12.5. The van der Waals surface area contributed by atoms with Crippen LogP contribution in [0, 0.1) is 6.92 Å². The van der Waals surface area contributed by atoms with Crippen molar-refractivity contribution in [2.45, 2.75) is 37.3 Å². The molecule has 2 rings (SSSR count). The summed E-state index contributed by atoms with van der Waals surface area (Å²) in [5.41, 5.74) is 0. The Morgan fingerprint density at radius 2 is 2.25 bits per heavy atom. The number of likely N-dealkylation sites (tertiary alicyclic amines) is 1. The molecule has 1 aliphatic heterocycles. The average molecular weight is 302 g/mol. The van der Waals surface area contributed by atoms with E-state index in [4.69, 9.17) is 9.52 Å². The van der Waals surface area contributed by atoms with Gasteiger partial charge in [0.1, 0.15) is 23.0 Å². The van der Waals surface area contributed by atoms with Gasteiger partial charge in [-0.15, -0.1) is 0 Å². The highest BCUT2D eigenvalue weighted by Crippen LogP contribution is 2.24. The largest absolute Gasteiger partial charge is 0.462 e. The van der Waals surface area contributed by atoms with Crippen LogP contribution in [0.1, 0.15) is 24.4 Å². The van der Waals surface area contributed by atoms with Crippen molar-refractivity contribution in [3.8, 4) is 0 Å². The van der Waals surface area contributed by atoms with Crippen molar-refractivity contribution >= 4 is 10.0 Å². The maximum Gasteiger partial charge on any atom is 0.246 e. The molecule has 1 aliphatic rings. The molecule has 1 N–H and O–H groups in total. The fraction of sp³-hybridized carbons (Fsp3) is 0.692. The van der Waals surface area contributed by atoms with Crippen LogP contribution in [-0.2, 0) is 16.6 Å². The summed E-state index contributed by atoms with van der Waals surface area (Å²) < 4.78 is 31.7. The number of furan rings is 1. The zero-order valence-electron chi connectivity index (χ0n) is 12.2. The summed E-state index contributed by atoms with van der Waals surface area (Å²) in [4.78, 5) is 2.33. The molecule has 0 amide bonds. The Balaban J connectivity index is 2.18. The Bertz CT molecular complexity index is 567. The lowest BCUT2D eigenvalue weighted by Gasteiger charge is -2.25. The molecule has 6 nitrogen and oxygen atoms in total. The van der Waals surface area contributed by atoms with E-state index in [1.807, 2.05) is 7.05 Å². The molecule has 1 aromatic heterocycles. The topological polar surface area (TPSA) is 74.0 Å². The van der Waals surface area contributed by atoms with E-state index in [9.17, 15) is 8.42 Å². The molecular weight excluding hydrogens is 280 g/mol. The lowest BCUT2D eigenvalue weighted by atomic mass is 10.2. The smallest absolute Gasteiger partial charge is 0.246 e. The number of aliphatic hydroxyl groups excluding tert-OH is 1. The van der Waals surface area contributed by atoms with Crippen LogP contribution in [0.4, 0.5) is 0 Å². The molecule has 7 heteroatoms. The van der Waals surface area contributed by atoms with Crippen molar-refractivity contribution in [2.24, 2.45) is 0 Å². The Morgan fingerprint density at radius 1 is 1.55 bits per heavy atom. The van der Waals surface area contributed by atoms with Gasteiger partial charge in [0.15, 0.2) is 0 Å². The third-order valence-corrected chi connectivity index (χ3v) is 5.84. The molecule has 1 atom stereocenters. The first-order valence-electron chi connectivity index (χ1n) is 6.73. The van der Waals surface area contributed by atoms with Gasteiger partial charge in [0.05, 0.1) is 0 Å². The van der Waals surface area contributed by atoms with Crippen LogP contribution in [0.15, 0.2) is 15.4 Å². The molecule has 1 saturated heterocycles. The number of hydrogen-bond acceptors (Lipinski definition) is 5. The minimum atomic E-state index is -3.57. The minimum Gasteiger partial charge on any atom is -0.462 e. The number of aryl methyl sites for hydroxylation is 1. The fourth-order valence-corrected chi connectivity index (χ4v) is 4.02. The monoisotopic (exact) mass is 302 g/mol. The summed E-state index contributed by atoms with van der Waals surface area (Å²) in [6, 6.07) is 1.67. The second-order valence-electron chi connectivity index (χ2n) is 5.35. The predicted molar refractivity (Wildman–Crippen MR) is 74.8 cm³/mol. The fourth-order valence-electron chi connectivity index (χ4n) is 2.63.